The molecular weight excluding hydrogens is 222 g/mol. The van der Waals surface area contributed by atoms with Crippen molar-refractivity contribution in [3.8, 4) is 0 Å². The summed E-state index contributed by atoms with van der Waals surface area (Å²) >= 11 is 0. The summed E-state index contributed by atoms with van der Waals surface area (Å²) in [5, 5.41) is 0. The molecule has 1 aliphatic carbocycles. The molecule has 2 rings (SSSR count). The van der Waals surface area contributed by atoms with Crippen molar-refractivity contribution < 1.29 is 4.79 Å². The molecule has 1 saturated carbocycles. The van der Waals surface area contributed by atoms with Crippen LogP contribution in [0.5, 0.6) is 0 Å². The predicted octanol–water partition coefficient (Wildman–Crippen LogP) is 3.33. The summed E-state index contributed by atoms with van der Waals surface area (Å²) in [7, 11) is 0. The smallest absolute Gasteiger partial charge is 0.157 e. The van der Waals surface area contributed by atoms with E-state index >= 15 is 0 Å². The zero-order chi connectivity index (χ0) is 13.1. The molecule has 0 heterocycles. The summed E-state index contributed by atoms with van der Waals surface area (Å²) in [4.78, 5) is 12.4. The molecule has 0 aliphatic heterocycles. The Morgan fingerprint density at radius 1 is 1.17 bits per heavy atom. The average molecular weight is 245 g/mol. The molecule has 1 fully saturated rings. The summed E-state index contributed by atoms with van der Waals surface area (Å²) in [6, 6.07) is 9.26. The van der Waals surface area contributed by atoms with E-state index in [9.17, 15) is 4.79 Å². The van der Waals surface area contributed by atoms with E-state index in [1.165, 1.54) is 0 Å². The average Bonchev–Trinajstić information content (AvgIpc) is 2.41. The van der Waals surface area contributed by atoms with Crippen LogP contribution in [-0.4, -0.2) is 5.78 Å². The van der Waals surface area contributed by atoms with Crippen LogP contribution in [0, 0.1) is 17.8 Å². The van der Waals surface area contributed by atoms with E-state index in [1.54, 1.807) is 0 Å². The third-order valence-corrected chi connectivity index (χ3v) is 4.47. The molecule has 0 saturated heterocycles. The molecule has 1 aromatic rings. The van der Waals surface area contributed by atoms with E-state index in [-0.39, 0.29) is 11.7 Å². The first-order valence-corrected chi connectivity index (χ1v) is 6.94. The molecule has 0 bridgehead atoms. The second-order valence-corrected chi connectivity index (χ2v) is 5.76. The highest BCUT2D eigenvalue weighted by atomic mass is 16.1. The molecule has 98 valence electrons. The highest BCUT2D eigenvalue weighted by molar-refractivity contribution is 5.87. The van der Waals surface area contributed by atoms with Gasteiger partial charge in [-0.25, -0.2) is 0 Å². The van der Waals surface area contributed by atoms with Crippen LogP contribution in [0.3, 0.4) is 0 Å². The predicted molar refractivity (Wildman–Crippen MR) is 74.0 cm³/mol. The Hall–Kier alpha value is -1.15. The van der Waals surface area contributed by atoms with Gasteiger partial charge in [-0.05, 0) is 36.7 Å². The summed E-state index contributed by atoms with van der Waals surface area (Å²) in [5.41, 5.74) is 7.04. The van der Waals surface area contributed by atoms with Crippen molar-refractivity contribution in [2.75, 3.05) is 0 Å². The number of carbonyl (C=O) groups is 1. The molecule has 0 radical (unpaired) electrons. The minimum absolute atomic E-state index is 0.159. The molecule has 4 unspecified atom stereocenters. The molecule has 0 amide bonds. The van der Waals surface area contributed by atoms with Crippen molar-refractivity contribution in [2.24, 2.45) is 23.5 Å². The fourth-order valence-corrected chi connectivity index (χ4v) is 2.88. The van der Waals surface area contributed by atoms with Gasteiger partial charge in [-0.3, -0.25) is 4.79 Å². The van der Waals surface area contributed by atoms with E-state index in [2.05, 4.69) is 13.8 Å². The SMILES string of the molecule is CC1CCC(C(=O)C(N)c2ccccc2)CC1C. The third-order valence-electron chi connectivity index (χ3n) is 4.47. The van der Waals surface area contributed by atoms with Crippen molar-refractivity contribution in [1.82, 2.24) is 0 Å². The number of ketones is 1. The van der Waals surface area contributed by atoms with E-state index in [1.807, 2.05) is 30.3 Å². The Morgan fingerprint density at radius 3 is 2.44 bits per heavy atom. The van der Waals surface area contributed by atoms with Crippen LogP contribution >= 0.6 is 0 Å². The van der Waals surface area contributed by atoms with Gasteiger partial charge in [0.15, 0.2) is 5.78 Å². The number of nitrogens with two attached hydrogens (primary N) is 1. The molecule has 0 aromatic heterocycles. The summed E-state index contributed by atoms with van der Waals surface area (Å²) in [6.07, 6.45) is 3.16. The topological polar surface area (TPSA) is 43.1 Å². The second kappa shape index (κ2) is 5.66. The lowest BCUT2D eigenvalue weighted by molar-refractivity contribution is -0.126. The van der Waals surface area contributed by atoms with Crippen molar-refractivity contribution in [3.05, 3.63) is 35.9 Å². The molecule has 4 atom stereocenters. The Kier molecular flexibility index (Phi) is 4.18. The van der Waals surface area contributed by atoms with Gasteiger partial charge in [0, 0.05) is 5.92 Å². The highest BCUT2D eigenvalue weighted by Crippen LogP contribution is 2.35. The van der Waals surface area contributed by atoms with Crippen LogP contribution in [-0.2, 0) is 4.79 Å². The van der Waals surface area contributed by atoms with Crippen molar-refractivity contribution in [2.45, 2.75) is 39.2 Å². The van der Waals surface area contributed by atoms with Gasteiger partial charge in [-0.1, -0.05) is 44.2 Å². The van der Waals surface area contributed by atoms with Gasteiger partial charge in [0.2, 0.25) is 0 Å². The second-order valence-electron chi connectivity index (χ2n) is 5.76. The zero-order valence-electron chi connectivity index (χ0n) is 11.3. The molecule has 2 N–H and O–H groups in total. The van der Waals surface area contributed by atoms with Crippen LogP contribution in [0.25, 0.3) is 0 Å². The fourth-order valence-electron chi connectivity index (χ4n) is 2.88. The number of carbonyl (C=O) groups excluding carboxylic acids is 1. The lowest BCUT2D eigenvalue weighted by Crippen LogP contribution is -2.33. The number of rotatable bonds is 3. The highest BCUT2D eigenvalue weighted by Gasteiger charge is 2.31. The lowest BCUT2D eigenvalue weighted by Gasteiger charge is -2.32. The monoisotopic (exact) mass is 245 g/mol. The molecule has 18 heavy (non-hydrogen) atoms. The number of benzene rings is 1. The van der Waals surface area contributed by atoms with Gasteiger partial charge >= 0.3 is 0 Å². The molecule has 2 nitrogen and oxygen atoms in total. The molecule has 1 aromatic carbocycles. The molecular formula is C16H23NO. The first kappa shape index (κ1) is 13.3. The Balaban J connectivity index is 2.03. The standard InChI is InChI=1S/C16H23NO/c1-11-8-9-14(10-12(11)2)16(18)15(17)13-6-4-3-5-7-13/h3-7,11-12,14-15H,8-10,17H2,1-2H3. The third kappa shape index (κ3) is 2.81. The maximum atomic E-state index is 12.4. The van der Waals surface area contributed by atoms with Gasteiger partial charge in [-0.2, -0.15) is 0 Å². The van der Waals surface area contributed by atoms with Gasteiger partial charge in [0.05, 0.1) is 6.04 Å². The van der Waals surface area contributed by atoms with Crippen LogP contribution in [0.2, 0.25) is 0 Å². The normalized spacial score (nSPS) is 29.8. The minimum atomic E-state index is -0.447. The number of hydrogen-bond donors (Lipinski definition) is 1. The van der Waals surface area contributed by atoms with Crippen LogP contribution in [0.4, 0.5) is 0 Å². The van der Waals surface area contributed by atoms with E-state index < -0.39 is 6.04 Å². The zero-order valence-corrected chi connectivity index (χ0v) is 11.3. The maximum Gasteiger partial charge on any atom is 0.157 e. The summed E-state index contributed by atoms with van der Waals surface area (Å²) in [5.74, 6) is 1.75. The largest absolute Gasteiger partial charge is 0.318 e. The number of hydrogen-bond acceptors (Lipinski definition) is 2. The molecule has 1 aliphatic rings. The summed E-state index contributed by atoms with van der Waals surface area (Å²) in [6.45, 7) is 4.53. The van der Waals surface area contributed by atoms with Crippen LogP contribution in [0.15, 0.2) is 30.3 Å². The first-order chi connectivity index (χ1) is 8.59. The summed E-state index contributed by atoms with van der Waals surface area (Å²) < 4.78 is 0. The fraction of sp³-hybridized carbons (Fsp3) is 0.562. The maximum absolute atomic E-state index is 12.4. The lowest BCUT2D eigenvalue weighted by atomic mass is 9.73. The Labute approximate surface area is 110 Å². The van der Waals surface area contributed by atoms with Crippen molar-refractivity contribution in [1.29, 1.82) is 0 Å². The van der Waals surface area contributed by atoms with Crippen LogP contribution in [0.1, 0.15) is 44.7 Å². The molecule has 2 heteroatoms. The van der Waals surface area contributed by atoms with Crippen LogP contribution < -0.4 is 5.73 Å². The van der Waals surface area contributed by atoms with Crippen molar-refractivity contribution >= 4 is 5.78 Å². The van der Waals surface area contributed by atoms with Gasteiger partial charge < -0.3 is 5.73 Å². The van der Waals surface area contributed by atoms with Gasteiger partial charge in [-0.15, -0.1) is 0 Å². The number of Topliss-reactive ketones (excluding diaryl/α,β-unsaturated/α-hetero) is 1. The molecule has 0 spiro atoms. The van der Waals surface area contributed by atoms with Crippen molar-refractivity contribution in [3.63, 3.8) is 0 Å². The first-order valence-electron chi connectivity index (χ1n) is 6.94. The quantitative estimate of drug-likeness (QED) is 0.887. The van der Waals surface area contributed by atoms with E-state index in [4.69, 9.17) is 5.73 Å². The van der Waals surface area contributed by atoms with Gasteiger partial charge in [0.25, 0.3) is 0 Å². The minimum Gasteiger partial charge on any atom is -0.318 e. The Bertz CT molecular complexity index is 401. The van der Waals surface area contributed by atoms with E-state index in [0.29, 0.717) is 5.92 Å². The Morgan fingerprint density at radius 2 is 1.83 bits per heavy atom. The van der Waals surface area contributed by atoms with E-state index in [0.717, 1.165) is 30.7 Å². The van der Waals surface area contributed by atoms with Gasteiger partial charge in [0.1, 0.15) is 0 Å².